The van der Waals surface area contributed by atoms with Gasteiger partial charge in [0.2, 0.25) is 10.8 Å². The van der Waals surface area contributed by atoms with Crippen molar-refractivity contribution < 1.29 is 24.2 Å². The van der Waals surface area contributed by atoms with E-state index in [0.29, 0.717) is 0 Å². The van der Waals surface area contributed by atoms with Crippen molar-refractivity contribution in [3.05, 3.63) is 17.3 Å². The van der Waals surface area contributed by atoms with Gasteiger partial charge in [0.05, 0.1) is 7.11 Å². The number of nitrogens with zero attached hydrogens (tertiary/aromatic N) is 4. The second kappa shape index (κ2) is 4.87. The molecule has 0 amide bonds. The van der Waals surface area contributed by atoms with Gasteiger partial charge in [-0.05, 0) is 0 Å². The quantitative estimate of drug-likeness (QED) is 0.634. The molecule has 9 nitrogen and oxygen atoms in total. The van der Waals surface area contributed by atoms with Crippen LogP contribution >= 0.6 is 11.5 Å². The number of carbonyl (C=O) groups is 2. The lowest BCUT2D eigenvalue weighted by Gasteiger charge is -1.89. The van der Waals surface area contributed by atoms with Crippen LogP contribution in [0, 0.1) is 0 Å². The highest BCUT2D eigenvalue weighted by Crippen LogP contribution is 2.20. The molecule has 0 aliphatic carbocycles. The van der Waals surface area contributed by atoms with Crippen LogP contribution in [0.15, 0.2) is 21.7 Å². The van der Waals surface area contributed by atoms with Gasteiger partial charge in [0, 0.05) is 11.5 Å². The molecule has 0 fully saturated rings. The minimum atomic E-state index is -0.769. The number of esters is 2. The number of azo groups is 1. The molecule has 0 bridgehead atoms. The van der Waals surface area contributed by atoms with Gasteiger partial charge in [0.25, 0.3) is 5.82 Å². The van der Waals surface area contributed by atoms with Crippen molar-refractivity contribution in [1.82, 2.24) is 9.36 Å². The number of aliphatic hydroxyl groups is 1. The zero-order valence-electron chi connectivity index (χ0n) is 8.98. The number of hydrogen-bond donors (Lipinski definition) is 1. The number of aliphatic hydroxyl groups excluding tert-OH is 1. The summed E-state index contributed by atoms with van der Waals surface area (Å²) >= 11 is 0.800. The third-order valence-corrected chi connectivity index (χ3v) is 2.43. The van der Waals surface area contributed by atoms with Gasteiger partial charge in [0.15, 0.2) is 12.4 Å². The van der Waals surface area contributed by atoms with Crippen LogP contribution in [0.3, 0.4) is 0 Å². The summed E-state index contributed by atoms with van der Waals surface area (Å²) < 4.78 is 12.6. The van der Waals surface area contributed by atoms with E-state index in [2.05, 4.69) is 29.1 Å². The zero-order valence-corrected chi connectivity index (χ0v) is 9.80. The molecule has 0 saturated heterocycles. The average Bonchev–Trinajstić information content (AvgIpc) is 2.95. The smallest absolute Gasteiger partial charge is 0.377 e. The number of cyclic esters (lactones) is 1. The zero-order chi connectivity index (χ0) is 13.1. The average molecular weight is 270 g/mol. The SMILES string of the molecule is COC(=O)c1nsc(N=NC2=C(O)COC2=O)n1. The summed E-state index contributed by atoms with van der Waals surface area (Å²) in [6.45, 7) is -0.225. The van der Waals surface area contributed by atoms with Gasteiger partial charge in [0.1, 0.15) is 0 Å². The molecule has 10 heteroatoms. The molecule has 94 valence electrons. The van der Waals surface area contributed by atoms with Crippen molar-refractivity contribution in [2.24, 2.45) is 10.2 Å². The van der Waals surface area contributed by atoms with E-state index in [-0.39, 0.29) is 29.0 Å². The molecule has 18 heavy (non-hydrogen) atoms. The topological polar surface area (TPSA) is 123 Å². The molecule has 0 spiro atoms. The lowest BCUT2D eigenvalue weighted by molar-refractivity contribution is -0.136. The molecule has 0 saturated carbocycles. The molecule has 0 unspecified atom stereocenters. The largest absolute Gasteiger partial charge is 0.506 e. The lowest BCUT2D eigenvalue weighted by atomic mass is 10.4. The van der Waals surface area contributed by atoms with E-state index in [1.165, 1.54) is 7.11 Å². The Bertz CT molecular complexity index is 564. The summed E-state index contributed by atoms with van der Waals surface area (Å²) in [5.41, 5.74) is -0.287. The van der Waals surface area contributed by atoms with E-state index in [1.54, 1.807) is 0 Å². The van der Waals surface area contributed by atoms with Crippen molar-refractivity contribution in [2.45, 2.75) is 0 Å². The third kappa shape index (κ3) is 2.32. The molecule has 2 rings (SSSR count). The first-order chi connectivity index (χ1) is 8.61. The van der Waals surface area contributed by atoms with Crippen molar-refractivity contribution in [2.75, 3.05) is 13.7 Å². The van der Waals surface area contributed by atoms with E-state index < -0.39 is 11.9 Å². The van der Waals surface area contributed by atoms with Crippen molar-refractivity contribution in [3.63, 3.8) is 0 Å². The van der Waals surface area contributed by atoms with Crippen LogP contribution in [0.25, 0.3) is 0 Å². The molecule has 0 radical (unpaired) electrons. The first-order valence-corrected chi connectivity index (χ1v) is 5.32. The van der Waals surface area contributed by atoms with Gasteiger partial charge in [-0.15, -0.1) is 10.2 Å². The molecule has 0 aromatic carbocycles. The second-order valence-electron chi connectivity index (χ2n) is 2.96. The normalized spacial score (nSPS) is 15.3. The van der Waals surface area contributed by atoms with Crippen LogP contribution in [-0.4, -0.2) is 40.1 Å². The van der Waals surface area contributed by atoms with Gasteiger partial charge >= 0.3 is 11.9 Å². The summed E-state index contributed by atoms with van der Waals surface area (Å²) in [7, 11) is 1.20. The van der Waals surface area contributed by atoms with E-state index in [4.69, 9.17) is 0 Å². The van der Waals surface area contributed by atoms with Gasteiger partial charge < -0.3 is 14.6 Å². The third-order valence-electron chi connectivity index (χ3n) is 1.83. The van der Waals surface area contributed by atoms with Crippen molar-refractivity contribution in [3.8, 4) is 0 Å². The fourth-order valence-electron chi connectivity index (χ4n) is 1.01. The summed E-state index contributed by atoms with van der Waals surface area (Å²) in [4.78, 5) is 25.8. The van der Waals surface area contributed by atoms with Crippen LogP contribution in [0.5, 0.6) is 0 Å². The van der Waals surface area contributed by atoms with E-state index in [0.717, 1.165) is 11.5 Å². The van der Waals surface area contributed by atoms with Crippen LogP contribution in [-0.2, 0) is 14.3 Å². The molecule has 1 N–H and O–H groups in total. The molecule has 1 aliphatic heterocycles. The molecule has 1 aromatic heterocycles. The predicted molar refractivity (Wildman–Crippen MR) is 56.4 cm³/mol. The van der Waals surface area contributed by atoms with E-state index in [1.807, 2.05) is 0 Å². The Kier molecular flexibility index (Phi) is 3.28. The van der Waals surface area contributed by atoms with Gasteiger partial charge in [-0.25, -0.2) is 9.59 Å². The highest BCUT2D eigenvalue weighted by atomic mass is 32.1. The summed E-state index contributed by atoms with van der Waals surface area (Å²) in [5, 5.41) is 16.4. The fourth-order valence-corrected chi connectivity index (χ4v) is 1.50. The monoisotopic (exact) mass is 270 g/mol. The Hall–Kier alpha value is -2.36. The van der Waals surface area contributed by atoms with Crippen LogP contribution in [0.4, 0.5) is 5.13 Å². The van der Waals surface area contributed by atoms with Crippen LogP contribution < -0.4 is 0 Å². The summed E-state index contributed by atoms with van der Waals surface area (Å²) in [6.07, 6.45) is 0. The Morgan fingerprint density at radius 2 is 2.33 bits per heavy atom. The second-order valence-corrected chi connectivity index (χ2v) is 3.69. The molecular formula is C8H6N4O5S. The van der Waals surface area contributed by atoms with Crippen LogP contribution in [0.2, 0.25) is 0 Å². The Balaban J connectivity index is 2.15. The number of methoxy groups -OCH3 is 1. The standard InChI is InChI=1S/C8H6N4O5S/c1-16-7(15)5-9-8(18-12-5)11-10-4-3(13)2-17-6(4)14/h13H,2H2,1H3. The molecular weight excluding hydrogens is 264 g/mol. The molecule has 2 heterocycles. The lowest BCUT2D eigenvalue weighted by Crippen LogP contribution is -2.02. The maximum atomic E-state index is 11.1. The minimum absolute atomic E-state index is 0.0513. The summed E-state index contributed by atoms with van der Waals surface area (Å²) in [6, 6.07) is 0. The number of aromatic nitrogens is 2. The van der Waals surface area contributed by atoms with Gasteiger partial charge in [-0.3, -0.25) is 0 Å². The molecule has 1 aliphatic rings. The summed E-state index contributed by atoms with van der Waals surface area (Å²) in [5.74, 6) is -1.92. The number of ether oxygens (including phenoxy) is 2. The van der Waals surface area contributed by atoms with Gasteiger partial charge in [-0.1, -0.05) is 0 Å². The highest BCUT2D eigenvalue weighted by Gasteiger charge is 2.25. The Morgan fingerprint density at radius 1 is 1.56 bits per heavy atom. The molecule has 1 aromatic rings. The highest BCUT2D eigenvalue weighted by molar-refractivity contribution is 7.09. The predicted octanol–water partition coefficient (Wildman–Crippen LogP) is 0.735. The van der Waals surface area contributed by atoms with Crippen molar-refractivity contribution in [1.29, 1.82) is 0 Å². The van der Waals surface area contributed by atoms with Gasteiger partial charge in [-0.2, -0.15) is 9.36 Å². The van der Waals surface area contributed by atoms with E-state index in [9.17, 15) is 14.7 Å². The maximum Gasteiger partial charge on any atom is 0.377 e. The van der Waals surface area contributed by atoms with E-state index >= 15 is 0 Å². The first kappa shape index (κ1) is 12.1. The van der Waals surface area contributed by atoms with Crippen molar-refractivity contribution >= 4 is 28.6 Å². The van der Waals surface area contributed by atoms with Crippen LogP contribution in [0.1, 0.15) is 10.6 Å². The minimum Gasteiger partial charge on any atom is -0.506 e. The number of rotatable bonds is 3. The molecule has 0 atom stereocenters. The number of carbonyl (C=O) groups excluding carboxylic acids is 2. The number of hydrogen-bond acceptors (Lipinski definition) is 10. The first-order valence-electron chi connectivity index (χ1n) is 4.55. The Morgan fingerprint density at radius 3 is 2.94 bits per heavy atom. The fraction of sp³-hybridized carbons (Fsp3) is 0.250. The Labute approximate surface area is 104 Å². The maximum absolute atomic E-state index is 11.1.